The largest absolute Gasteiger partial charge is 0.233 e. The minimum absolute atomic E-state index is 0.366. The van der Waals surface area contributed by atoms with E-state index < -0.39 is 0 Å². The van der Waals surface area contributed by atoms with Crippen molar-refractivity contribution in [2.75, 3.05) is 0 Å². The van der Waals surface area contributed by atoms with Gasteiger partial charge < -0.3 is 0 Å². The molecule has 0 aliphatic carbocycles. The topological polar surface area (TPSA) is 54.5 Å². The summed E-state index contributed by atoms with van der Waals surface area (Å²) >= 11 is 0. The maximum absolute atomic E-state index is 8.22. The molecule has 1 heterocycles. The predicted molar refractivity (Wildman–Crippen MR) is 25.5 cm³/mol. The van der Waals surface area contributed by atoms with Crippen molar-refractivity contribution in [3.8, 4) is 6.07 Å². The highest BCUT2D eigenvalue weighted by molar-refractivity contribution is 5.14. The van der Waals surface area contributed by atoms with Crippen molar-refractivity contribution in [3.05, 3.63) is 18.9 Å². The Balaban J connectivity index is 3.15. The van der Waals surface area contributed by atoms with Crippen molar-refractivity contribution in [1.82, 2.24) is 15.0 Å². The van der Waals surface area contributed by atoms with Gasteiger partial charge in [0.2, 0.25) is 0 Å². The Bertz CT molecular complexity index is 218. The first-order valence-corrected chi connectivity index (χ1v) is 1.96. The molecule has 0 aliphatic heterocycles. The zero-order valence-corrected chi connectivity index (χ0v) is 4.07. The first kappa shape index (κ1) is 4.78. The van der Waals surface area contributed by atoms with Crippen LogP contribution in [0.1, 0.15) is 5.69 Å². The molecule has 0 saturated carbocycles. The molecule has 8 heavy (non-hydrogen) atoms. The fourth-order valence-electron chi connectivity index (χ4n) is 0.344. The summed E-state index contributed by atoms with van der Waals surface area (Å²) in [7, 11) is 3.37. The van der Waals surface area contributed by atoms with Crippen molar-refractivity contribution in [3.63, 3.8) is 0 Å². The maximum Gasteiger partial charge on any atom is 0.158 e. The molecule has 0 unspecified atom stereocenters. The molecular weight excluding hydrogens is 104 g/mol. The van der Waals surface area contributed by atoms with Crippen LogP contribution in [0.3, 0.4) is 0 Å². The van der Waals surface area contributed by atoms with Crippen LogP contribution in [0.25, 0.3) is 0 Å². The fraction of sp³-hybridized carbons (Fsp3) is 0. The van der Waals surface area contributed by atoms with E-state index in [2.05, 4.69) is 17.4 Å². The van der Waals surface area contributed by atoms with Gasteiger partial charge in [0, 0.05) is 0 Å². The lowest BCUT2D eigenvalue weighted by Gasteiger charge is -1.81. The maximum atomic E-state index is 8.22. The zero-order valence-electron chi connectivity index (χ0n) is 4.07. The number of nitrogens with zero attached hydrogens (tertiary/aromatic N) is 4. The highest BCUT2D eigenvalue weighted by atomic mass is 15.4. The van der Waals surface area contributed by atoms with E-state index in [4.69, 9.17) is 5.26 Å². The summed E-state index contributed by atoms with van der Waals surface area (Å²) in [6.45, 7) is 0. The van der Waals surface area contributed by atoms with Crippen molar-refractivity contribution in [1.29, 1.82) is 5.26 Å². The average Bonchev–Trinajstić information content (AvgIpc) is 2.14. The molecule has 4 nitrogen and oxygen atoms in total. The second-order valence-electron chi connectivity index (χ2n) is 1.23. The monoisotopic (exact) mass is 107 g/mol. The molecule has 0 saturated heterocycles. The van der Waals surface area contributed by atoms with Crippen molar-refractivity contribution in [2.45, 2.75) is 0 Å². The molecule has 0 fully saturated rings. The van der Waals surface area contributed by atoms with E-state index in [1.54, 1.807) is 0 Å². The lowest BCUT2D eigenvalue weighted by atomic mass is 10.5. The summed E-state index contributed by atoms with van der Waals surface area (Å²) in [5.41, 5.74) is 0.366. The van der Waals surface area contributed by atoms with Gasteiger partial charge in [0.25, 0.3) is 0 Å². The fourth-order valence-corrected chi connectivity index (χ4v) is 0.344. The Morgan fingerprint density at radius 3 is 2.88 bits per heavy atom. The highest BCUT2D eigenvalue weighted by Crippen LogP contribution is 1.87. The summed E-state index contributed by atoms with van der Waals surface area (Å²) in [5, 5.41) is 15.1. The Hall–Kier alpha value is -1.37. The van der Waals surface area contributed by atoms with E-state index in [1.165, 1.54) is 10.9 Å². The van der Waals surface area contributed by atoms with Crippen molar-refractivity contribution >= 4 is 0 Å². The Labute approximate surface area is 46.3 Å². The van der Waals surface area contributed by atoms with Crippen LogP contribution in [-0.4, -0.2) is 15.0 Å². The Morgan fingerprint density at radius 1 is 1.88 bits per heavy atom. The normalized spacial score (nSPS) is 8.50. The first-order valence-electron chi connectivity index (χ1n) is 1.96. The van der Waals surface area contributed by atoms with Crippen molar-refractivity contribution < 1.29 is 0 Å². The van der Waals surface area contributed by atoms with Crippen LogP contribution in [0.15, 0.2) is 6.20 Å². The number of rotatable bonds is 0. The van der Waals surface area contributed by atoms with Gasteiger partial charge in [-0.15, -0.1) is 5.10 Å². The summed E-state index contributed by atoms with van der Waals surface area (Å²) in [6.07, 6.45) is 1.35. The van der Waals surface area contributed by atoms with Gasteiger partial charge in [-0.1, -0.05) is 5.21 Å². The third-order valence-electron chi connectivity index (χ3n) is 0.732. The second kappa shape index (κ2) is 1.62. The van der Waals surface area contributed by atoms with E-state index in [0.29, 0.717) is 5.69 Å². The van der Waals surface area contributed by atoms with Gasteiger partial charge in [-0.3, -0.25) is 0 Å². The molecule has 1 aromatic rings. The molecule has 4 heteroatoms. The Kier molecular flexibility index (Phi) is 0.968. The van der Waals surface area contributed by atoms with Gasteiger partial charge in [-0.05, 0) is 0 Å². The standard InChI is InChI=1S/C4H3N4/c1-8-4(2-5)3-6-7-8/h3H,1H2. The molecular formula is C4H3N4. The minimum Gasteiger partial charge on any atom is -0.233 e. The third-order valence-corrected chi connectivity index (χ3v) is 0.732. The van der Waals surface area contributed by atoms with Gasteiger partial charge in [-0.25, -0.2) is 4.68 Å². The molecule has 1 aromatic heterocycles. The molecule has 0 bridgehead atoms. The molecule has 0 aliphatic rings. The van der Waals surface area contributed by atoms with Crippen molar-refractivity contribution in [2.24, 2.45) is 0 Å². The zero-order chi connectivity index (χ0) is 5.98. The first-order chi connectivity index (χ1) is 3.84. The molecule has 0 amide bonds. The molecule has 0 atom stereocenters. The lowest BCUT2D eigenvalue weighted by molar-refractivity contribution is 0.791. The van der Waals surface area contributed by atoms with E-state index in [-0.39, 0.29) is 0 Å². The molecule has 0 aromatic carbocycles. The highest BCUT2D eigenvalue weighted by Gasteiger charge is 1.92. The van der Waals surface area contributed by atoms with Crippen LogP contribution < -0.4 is 0 Å². The quantitative estimate of drug-likeness (QED) is 0.461. The summed E-state index contributed by atoms with van der Waals surface area (Å²) in [6, 6.07) is 1.85. The van der Waals surface area contributed by atoms with Crippen LogP contribution in [0.5, 0.6) is 0 Å². The van der Waals surface area contributed by atoms with Gasteiger partial charge in [0.1, 0.15) is 6.07 Å². The van der Waals surface area contributed by atoms with Crippen LogP contribution in [0.2, 0.25) is 0 Å². The minimum atomic E-state index is 0.366. The Morgan fingerprint density at radius 2 is 2.62 bits per heavy atom. The summed E-state index contributed by atoms with van der Waals surface area (Å²) in [5.74, 6) is 0. The number of nitriles is 1. The van der Waals surface area contributed by atoms with Crippen LogP contribution in [-0.2, 0) is 0 Å². The third kappa shape index (κ3) is 0.540. The number of hydrogen-bond acceptors (Lipinski definition) is 3. The van der Waals surface area contributed by atoms with Crippen LogP contribution in [0, 0.1) is 18.4 Å². The molecule has 1 radical (unpaired) electrons. The SMILES string of the molecule is [CH2]n1nncc1C#N. The van der Waals surface area contributed by atoms with E-state index in [0.717, 1.165) is 0 Å². The van der Waals surface area contributed by atoms with E-state index >= 15 is 0 Å². The van der Waals surface area contributed by atoms with Crippen LogP contribution in [0.4, 0.5) is 0 Å². The van der Waals surface area contributed by atoms with E-state index in [1.807, 2.05) is 6.07 Å². The van der Waals surface area contributed by atoms with Gasteiger partial charge >= 0.3 is 0 Å². The summed E-state index contributed by atoms with van der Waals surface area (Å²) in [4.78, 5) is 0. The van der Waals surface area contributed by atoms with Gasteiger partial charge in [0.15, 0.2) is 5.69 Å². The molecule has 0 N–H and O–H groups in total. The number of aromatic nitrogens is 3. The van der Waals surface area contributed by atoms with Gasteiger partial charge in [0.05, 0.1) is 13.2 Å². The molecule has 39 valence electrons. The number of hydrogen-bond donors (Lipinski definition) is 0. The second-order valence-corrected chi connectivity index (χ2v) is 1.23. The van der Waals surface area contributed by atoms with E-state index in [9.17, 15) is 0 Å². The molecule has 0 spiro atoms. The van der Waals surface area contributed by atoms with Gasteiger partial charge in [-0.2, -0.15) is 5.26 Å². The average molecular weight is 107 g/mol. The summed E-state index contributed by atoms with van der Waals surface area (Å²) < 4.78 is 1.17. The predicted octanol–water partition coefficient (Wildman–Crippen LogP) is -0.211. The lowest BCUT2D eigenvalue weighted by Crippen LogP contribution is -1.89. The smallest absolute Gasteiger partial charge is 0.158 e. The molecule has 1 rings (SSSR count). The van der Waals surface area contributed by atoms with Crippen LogP contribution >= 0.6 is 0 Å².